The molecule has 168 valence electrons. The Labute approximate surface area is 189 Å². The number of hydrogen-bond donors (Lipinski definition) is 2. The van der Waals surface area contributed by atoms with Crippen LogP contribution in [0, 0.1) is 12.7 Å². The van der Waals surface area contributed by atoms with E-state index in [0.717, 1.165) is 22.6 Å². The minimum atomic E-state index is -0.605. The Kier molecular flexibility index (Phi) is 5.37. The molecular formula is C24H23FN6O2. The third-order valence-electron chi connectivity index (χ3n) is 5.86. The van der Waals surface area contributed by atoms with E-state index in [1.54, 1.807) is 12.4 Å². The highest BCUT2D eigenvalue weighted by Gasteiger charge is 2.30. The van der Waals surface area contributed by atoms with E-state index < -0.39 is 6.04 Å². The minimum absolute atomic E-state index is 0.141. The molecule has 4 aromatic rings. The minimum Gasteiger partial charge on any atom is -0.361 e. The summed E-state index contributed by atoms with van der Waals surface area (Å²) in [5.74, 6) is -0.407. The van der Waals surface area contributed by atoms with Gasteiger partial charge in [-0.15, -0.1) is 0 Å². The summed E-state index contributed by atoms with van der Waals surface area (Å²) in [5, 5.41) is 5.93. The number of carbonyl (C=O) groups excluding carboxylic acids is 1. The average Bonchev–Trinajstić information content (AvgIpc) is 3.41. The van der Waals surface area contributed by atoms with Gasteiger partial charge in [0.15, 0.2) is 5.82 Å². The second kappa shape index (κ2) is 8.50. The quantitative estimate of drug-likeness (QED) is 0.475. The van der Waals surface area contributed by atoms with Crippen LogP contribution >= 0.6 is 0 Å². The summed E-state index contributed by atoms with van der Waals surface area (Å²) < 4.78 is 17.1. The molecule has 0 radical (unpaired) electrons. The van der Waals surface area contributed by atoms with E-state index in [0.29, 0.717) is 24.9 Å². The van der Waals surface area contributed by atoms with Crippen LogP contribution in [0.2, 0.25) is 0 Å². The second-order valence-corrected chi connectivity index (χ2v) is 8.21. The lowest BCUT2D eigenvalue weighted by atomic mass is 10.1. The topological polar surface area (TPSA) is 93.3 Å². The van der Waals surface area contributed by atoms with Gasteiger partial charge in [0.25, 0.3) is 5.56 Å². The van der Waals surface area contributed by atoms with Crippen molar-refractivity contribution in [3.05, 3.63) is 93.7 Å². The third-order valence-corrected chi connectivity index (χ3v) is 5.86. The molecule has 1 aliphatic heterocycles. The lowest BCUT2D eigenvalue weighted by molar-refractivity contribution is -0.124. The largest absolute Gasteiger partial charge is 0.361 e. The second-order valence-electron chi connectivity index (χ2n) is 8.21. The highest BCUT2D eigenvalue weighted by atomic mass is 19.1. The SMILES string of the molecule is Cc1cc(F)cc(CNc2ncc3n(c2=O)[C@H](C(=O)NCc2cnc4ccccn24)CC3)c1. The van der Waals surface area contributed by atoms with Crippen LogP contribution in [-0.4, -0.2) is 24.8 Å². The van der Waals surface area contributed by atoms with Gasteiger partial charge >= 0.3 is 0 Å². The normalized spacial score (nSPS) is 14.9. The van der Waals surface area contributed by atoms with Crippen LogP contribution in [0.4, 0.5) is 10.2 Å². The molecule has 3 aromatic heterocycles. The van der Waals surface area contributed by atoms with E-state index in [4.69, 9.17) is 0 Å². The predicted octanol–water partition coefficient (Wildman–Crippen LogP) is 2.75. The van der Waals surface area contributed by atoms with Gasteiger partial charge in [-0.25, -0.2) is 14.4 Å². The number of nitrogens with zero attached hydrogens (tertiary/aromatic N) is 4. The summed E-state index contributed by atoms with van der Waals surface area (Å²) in [6, 6.07) is 9.80. The van der Waals surface area contributed by atoms with Crippen molar-refractivity contribution < 1.29 is 9.18 Å². The van der Waals surface area contributed by atoms with Crippen molar-refractivity contribution in [2.45, 2.75) is 38.9 Å². The first-order valence-electron chi connectivity index (χ1n) is 10.8. The molecule has 0 fully saturated rings. The van der Waals surface area contributed by atoms with Crippen LogP contribution in [0.5, 0.6) is 0 Å². The molecule has 0 aliphatic carbocycles. The molecule has 4 heterocycles. The van der Waals surface area contributed by atoms with Gasteiger partial charge in [-0.1, -0.05) is 12.1 Å². The van der Waals surface area contributed by atoms with E-state index >= 15 is 0 Å². The molecule has 1 aromatic carbocycles. The molecule has 2 N–H and O–H groups in total. The number of pyridine rings is 1. The van der Waals surface area contributed by atoms with Crippen molar-refractivity contribution >= 4 is 17.4 Å². The fourth-order valence-electron chi connectivity index (χ4n) is 4.32. The summed E-state index contributed by atoms with van der Waals surface area (Å²) >= 11 is 0. The smallest absolute Gasteiger partial charge is 0.294 e. The Morgan fingerprint density at radius 2 is 2.06 bits per heavy atom. The van der Waals surface area contributed by atoms with Gasteiger partial charge in [-0.3, -0.25) is 14.2 Å². The standard InChI is InChI=1S/C24H23FN6O2/c1-15-8-16(10-17(25)9-15)11-27-22-24(33)31-18(12-28-22)5-6-20(31)23(32)29-14-19-13-26-21-4-2-3-7-30(19)21/h2-4,7-10,12-13,20H,5-6,11,14H2,1H3,(H,27,28)(H,29,32)/t20-/m0/s1. The highest BCUT2D eigenvalue weighted by Crippen LogP contribution is 2.24. The van der Waals surface area contributed by atoms with Crippen molar-refractivity contribution in [3.63, 3.8) is 0 Å². The molecule has 1 amide bonds. The first-order valence-corrected chi connectivity index (χ1v) is 10.8. The Morgan fingerprint density at radius 3 is 2.91 bits per heavy atom. The van der Waals surface area contributed by atoms with Crippen molar-refractivity contribution in [1.29, 1.82) is 0 Å². The molecule has 9 heteroatoms. The van der Waals surface area contributed by atoms with E-state index in [1.807, 2.05) is 41.8 Å². The summed E-state index contributed by atoms with van der Waals surface area (Å²) in [7, 11) is 0. The molecule has 0 bridgehead atoms. The summed E-state index contributed by atoms with van der Waals surface area (Å²) in [5.41, 5.74) is 3.54. The van der Waals surface area contributed by atoms with E-state index in [1.165, 1.54) is 16.7 Å². The van der Waals surface area contributed by atoms with E-state index in [2.05, 4.69) is 20.6 Å². The van der Waals surface area contributed by atoms with Crippen molar-refractivity contribution in [2.75, 3.05) is 5.32 Å². The third kappa shape index (κ3) is 4.09. The fraction of sp³-hybridized carbons (Fsp3) is 0.250. The number of aryl methyl sites for hydroxylation is 2. The Morgan fingerprint density at radius 1 is 1.18 bits per heavy atom. The summed E-state index contributed by atoms with van der Waals surface area (Å²) in [6.07, 6.45) is 6.37. The van der Waals surface area contributed by atoms with E-state index in [9.17, 15) is 14.0 Å². The van der Waals surface area contributed by atoms with Gasteiger partial charge in [0.1, 0.15) is 17.5 Å². The van der Waals surface area contributed by atoms with Crippen LogP contribution in [0.15, 0.2) is 59.8 Å². The maximum atomic E-state index is 13.7. The number of rotatable bonds is 6. The van der Waals surface area contributed by atoms with Gasteiger partial charge in [0.05, 0.1) is 18.4 Å². The lowest BCUT2D eigenvalue weighted by Crippen LogP contribution is -2.36. The number of halogens is 1. The monoisotopic (exact) mass is 446 g/mol. The number of carbonyl (C=O) groups is 1. The molecule has 0 unspecified atom stereocenters. The van der Waals surface area contributed by atoms with Crippen LogP contribution in [0.25, 0.3) is 5.65 Å². The number of fused-ring (bicyclic) bond motifs is 2. The molecular weight excluding hydrogens is 423 g/mol. The van der Waals surface area contributed by atoms with Gasteiger partial charge in [0, 0.05) is 24.6 Å². The zero-order chi connectivity index (χ0) is 22.9. The van der Waals surface area contributed by atoms with Gasteiger partial charge < -0.3 is 15.0 Å². The van der Waals surface area contributed by atoms with Crippen LogP contribution in [0.1, 0.15) is 35.0 Å². The Bertz CT molecular complexity index is 1390. The number of aromatic nitrogens is 4. The summed E-state index contributed by atoms with van der Waals surface area (Å²) in [6.45, 7) is 2.37. The average molecular weight is 446 g/mol. The predicted molar refractivity (Wildman–Crippen MR) is 121 cm³/mol. The molecule has 0 spiro atoms. The Balaban J connectivity index is 1.31. The van der Waals surface area contributed by atoms with Gasteiger partial charge in [-0.05, 0) is 55.2 Å². The number of imidazole rings is 1. The number of benzene rings is 1. The molecule has 0 saturated carbocycles. The number of anilines is 1. The van der Waals surface area contributed by atoms with Crippen molar-refractivity contribution in [3.8, 4) is 0 Å². The van der Waals surface area contributed by atoms with Crippen molar-refractivity contribution in [2.24, 2.45) is 0 Å². The fourth-order valence-corrected chi connectivity index (χ4v) is 4.32. The zero-order valence-electron chi connectivity index (χ0n) is 18.1. The van der Waals surface area contributed by atoms with Gasteiger partial charge in [0.2, 0.25) is 5.91 Å². The molecule has 0 saturated heterocycles. The molecule has 8 nitrogen and oxygen atoms in total. The lowest BCUT2D eigenvalue weighted by Gasteiger charge is -2.16. The maximum absolute atomic E-state index is 13.7. The maximum Gasteiger partial charge on any atom is 0.294 e. The number of nitrogens with one attached hydrogen (secondary N) is 2. The Hall–Kier alpha value is -4.01. The first-order chi connectivity index (χ1) is 16.0. The first kappa shape index (κ1) is 20.9. The van der Waals surface area contributed by atoms with Crippen LogP contribution in [-0.2, 0) is 24.3 Å². The van der Waals surface area contributed by atoms with E-state index in [-0.39, 0.29) is 29.6 Å². The summed E-state index contributed by atoms with van der Waals surface area (Å²) in [4.78, 5) is 34.7. The molecule has 5 rings (SSSR count). The number of hydrogen-bond acceptors (Lipinski definition) is 5. The molecule has 1 aliphatic rings. The van der Waals surface area contributed by atoms with Gasteiger partial charge in [-0.2, -0.15) is 0 Å². The highest BCUT2D eigenvalue weighted by molar-refractivity contribution is 5.81. The molecule has 1 atom stereocenters. The van der Waals surface area contributed by atoms with Crippen molar-refractivity contribution in [1.82, 2.24) is 24.3 Å². The molecule has 33 heavy (non-hydrogen) atoms. The number of amides is 1. The van der Waals surface area contributed by atoms with Crippen LogP contribution in [0.3, 0.4) is 0 Å². The van der Waals surface area contributed by atoms with Crippen LogP contribution < -0.4 is 16.2 Å². The zero-order valence-corrected chi connectivity index (χ0v) is 18.1.